The van der Waals surface area contributed by atoms with E-state index in [1.807, 2.05) is 0 Å². The molecular formula is C24H50N8O13. The molecule has 0 bridgehead atoms. The Hall–Kier alpha value is -0.840. The van der Waals surface area contributed by atoms with E-state index in [9.17, 15) is 30.6 Å². The average molecular weight is 659 g/mol. The number of rotatable bonds is 10. The molecule has 0 aliphatic carbocycles. The van der Waals surface area contributed by atoms with Crippen LogP contribution in [0.1, 0.15) is 0 Å². The summed E-state index contributed by atoms with van der Waals surface area (Å²) in [4.78, 5) is 0. The SMILES string of the molecule is NC[C@H]1O[C@H](O[C@H]2[C@H](O)[C@@H](N)[C@@H](O[C@H]3[C@H](O)[C@@H](N)[C@@H](O[C@H]4[C@H](O)[C@@H](N)[C@@H](O)O[C@@H]4CN)O[C@@H]3CN)O[C@@H]2CN)[C@H](N)[C@@H](O)[C@@H]1O. The Morgan fingerprint density at radius 2 is 0.711 bits per heavy atom. The van der Waals surface area contributed by atoms with Gasteiger partial charge in [0.15, 0.2) is 25.2 Å². The van der Waals surface area contributed by atoms with E-state index in [0.29, 0.717) is 0 Å². The molecule has 0 saturated carbocycles. The van der Waals surface area contributed by atoms with Crippen molar-refractivity contribution in [2.45, 2.75) is 123 Å². The summed E-state index contributed by atoms with van der Waals surface area (Å²) in [6.07, 6.45) is -20.4. The van der Waals surface area contributed by atoms with Gasteiger partial charge in [-0.2, -0.15) is 0 Å². The van der Waals surface area contributed by atoms with Gasteiger partial charge in [0.2, 0.25) is 0 Å². The molecule has 0 spiro atoms. The lowest BCUT2D eigenvalue weighted by molar-refractivity contribution is -0.352. The number of hydrogen-bond acceptors (Lipinski definition) is 21. The minimum Gasteiger partial charge on any atom is -0.388 e. The highest BCUT2D eigenvalue weighted by molar-refractivity contribution is 5.00. The van der Waals surface area contributed by atoms with Crippen LogP contribution in [0.15, 0.2) is 0 Å². The van der Waals surface area contributed by atoms with Crippen molar-refractivity contribution < 1.29 is 63.8 Å². The highest BCUT2D eigenvalue weighted by Gasteiger charge is 2.53. The molecule has 45 heavy (non-hydrogen) atoms. The van der Waals surface area contributed by atoms with Gasteiger partial charge in [-0.25, -0.2) is 0 Å². The minimum absolute atomic E-state index is 0.147. The molecule has 4 aliphatic rings. The van der Waals surface area contributed by atoms with Crippen molar-refractivity contribution in [3.8, 4) is 0 Å². The third kappa shape index (κ3) is 7.44. The molecule has 21 heteroatoms. The maximum absolute atomic E-state index is 11.2. The van der Waals surface area contributed by atoms with Gasteiger partial charge in [-0.15, -0.1) is 0 Å². The van der Waals surface area contributed by atoms with Crippen LogP contribution in [0.5, 0.6) is 0 Å². The third-order valence-corrected chi connectivity index (χ3v) is 8.73. The summed E-state index contributed by atoms with van der Waals surface area (Å²) in [6, 6.07) is -5.00. The lowest BCUT2D eigenvalue weighted by Crippen LogP contribution is -2.70. The van der Waals surface area contributed by atoms with Gasteiger partial charge >= 0.3 is 0 Å². The van der Waals surface area contributed by atoms with Gasteiger partial charge in [-0.1, -0.05) is 0 Å². The summed E-state index contributed by atoms with van der Waals surface area (Å²) in [7, 11) is 0. The van der Waals surface area contributed by atoms with Crippen LogP contribution in [0.4, 0.5) is 0 Å². The number of ether oxygens (including phenoxy) is 7. The molecule has 4 saturated heterocycles. The first-order valence-electron chi connectivity index (χ1n) is 14.8. The predicted octanol–water partition coefficient (Wildman–Crippen LogP) is -10.0. The normalized spacial score (nSPS) is 52.9. The van der Waals surface area contributed by atoms with Crippen molar-refractivity contribution in [3.63, 3.8) is 0 Å². The predicted molar refractivity (Wildman–Crippen MR) is 150 cm³/mol. The van der Waals surface area contributed by atoms with Crippen molar-refractivity contribution in [2.24, 2.45) is 45.9 Å². The molecule has 0 radical (unpaired) electrons. The molecule has 4 rings (SSSR count). The summed E-state index contributed by atoms with van der Waals surface area (Å²) < 4.78 is 40.5. The fourth-order valence-electron chi connectivity index (χ4n) is 5.89. The largest absolute Gasteiger partial charge is 0.388 e. The second-order valence-corrected chi connectivity index (χ2v) is 11.7. The first-order valence-corrected chi connectivity index (χ1v) is 14.8. The van der Waals surface area contributed by atoms with Crippen molar-refractivity contribution in [1.29, 1.82) is 0 Å². The van der Waals surface area contributed by atoms with E-state index in [2.05, 4.69) is 0 Å². The Balaban J connectivity index is 1.43. The van der Waals surface area contributed by atoms with Crippen LogP contribution in [-0.2, 0) is 33.2 Å². The zero-order valence-electron chi connectivity index (χ0n) is 24.5. The number of hydrogen-bond donors (Lipinski definition) is 14. The van der Waals surface area contributed by atoms with Crippen LogP contribution in [0.25, 0.3) is 0 Å². The first-order chi connectivity index (χ1) is 21.3. The van der Waals surface area contributed by atoms with Crippen LogP contribution in [0.2, 0.25) is 0 Å². The van der Waals surface area contributed by atoms with Gasteiger partial charge in [0.1, 0.15) is 73.2 Å². The number of aliphatic hydroxyl groups is 6. The van der Waals surface area contributed by atoms with Gasteiger partial charge in [-0.3, -0.25) is 0 Å². The fraction of sp³-hybridized carbons (Fsp3) is 1.00. The van der Waals surface area contributed by atoms with Crippen molar-refractivity contribution in [2.75, 3.05) is 26.2 Å². The first kappa shape index (κ1) is 37.0. The van der Waals surface area contributed by atoms with Gasteiger partial charge < -0.3 is 110 Å². The lowest BCUT2D eigenvalue weighted by Gasteiger charge is -2.50. The van der Waals surface area contributed by atoms with Crippen LogP contribution in [0.3, 0.4) is 0 Å². The highest BCUT2D eigenvalue weighted by Crippen LogP contribution is 2.32. The molecule has 4 aliphatic heterocycles. The van der Waals surface area contributed by atoms with Crippen molar-refractivity contribution >= 4 is 0 Å². The fourth-order valence-corrected chi connectivity index (χ4v) is 5.89. The van der Waals surface area contributed by atoms with E-state index in [1.165, 1.54) is 0 Å². The molecule has 4 heterocycles. The Morgan fingerprint density at radius 1 is 0.400 bits per heavy atom. The molecule has 264 valence electrons. The van der Waals surface area contributed by atoms with Crippen molar-refractivity contribution in [3.05, 3.63) is 0 Å². The summed E-state index contributed by atoms with van der Waals surface area (Å²) in [6.45, 7) is -0.707. The van der Waals surface area contributed by atoms with Gasteiger partial charge in [0.05, 0.1) is 24.2 Å². The standard InChI is InChI=1S/C24H50N8O13/c25-1-5-13(33)14(34)10(30)22(40-5)44-19-7(3-27)42-24(12(32)16(19)36)45-20-8(4-28)41-23(11(31)17(20)37)43-18-6(2-26)39-21(38)9(29)15(18)35/h5-24,33-38H,1-4,25-32H2/t5-,6-,7-,8-,9-,10-,11-,12-,13-,14-,15-,16-,17-,18-,19-,20-,21+,22-,23-,24-/m1/s1. The molecule has 21 nitrogen and oxygen atoms in total. The van der Waals surface area contributed by atoms with E-state index >= 15 is 0 Å². The Labute approximate surface area is 258 Å². The summed E-state index contributed by atoms with van der Waals surface area (Å²) in [5.41, 5.74) is 47.5. The van der Waals surface area contributed by atoms with Crippen LogP contribution >= 0.6 is 0 Å². The molecule has 0 amide bonds. The van der Waals surface area contributed by atoms with E-state index in [-0.39, 0.29) is 26.2 Å². The molecular weight excluding hydrogens is 608 g/mol. The second-order valence-electron chi connectivity index (χ2n) is 11.7. The Morgan fingerprint density at radius 3 is 1.09 bits per heavy atom. The molecule has 22 N–H and O–H groups in total. The van der Waals surface area contributed by atoms with Crippen molar-refractivity contribution in [1.82, 2.24) is 0 Å². The maximum atomic E-state index is 11.2. The number of aliphatic hydroxyl groups excluding tert-OH is 6. The summed E-state index contributed by atoms with van der Waals surface area (Å²) in [5.74, 6) is 0. The second kappa shape index (κ2) is 15.6. The summed E-state index contributed by atoms with van der Waals surface area (Å²) >= 11 is 0. The molecule has 20 atom stereocenters. The van der Waals surface area contributed by atoms with Crippen LogP contribution in [0, 0.1) is 0 Å². The van der Waals surface area contributed by atoms with E-state index in [4.69, 9.17) is 79.0 Å². The van der Waals surface area contributed by atoms with Gasteiger partial charge in [0, 0.05) is 26.2 Å². The van der Waals surface area contributed by atoms with E-state index in [1.54, 1.807) is 0 Å². The van der Waals surface area contributed by atoms with Crippen LogP contribution < -0.4 is 45.9 Å². The van der Waals surface area contributed by atoms with Gasteiger partial charge in [-0.05, 0) is 0 Å². The van der Waals surface area contributed by atoms with Gasteiger partial charge in [0.25, 0.3) is 0 Å². The Kier molecular flexibility index (Phi) is 12.8. The molecule has 0 aromatic heterocycles. The minimum atomic E-state index is -1.50. The monoisotopic (exact) mass is 658 g/mol. The van der Waals surface area contributed by atoms with E-state index in [0.717, 1.165) is 0 Å². The zero-order valence-corrected chi connectivity index (χ0v) is 24.5. The summed E-state index contributed by atoms with van der Waals surface area (Å²) in [5, 5.41) is 63.3. The molecule has 4 fully saturated rings. The molecule has 0 aromatic rings. The topological polar surface area (TPSA) is 394 Å². The highest BCUT2D eigenvalue weighted by atomic mass is 16.7. The van der Waals surface area contributed by atoms with E-state index < -0.39 is 123 Å². The van der Waals surface area contributed by atoms with Crippen LogP contribution in [-0.4, -0.2) is 179 Å². The Bertz CT molecular complexity index is 930. The smallest absolute Gasteiger partial charge is 0.176 e. The molecule has 0 unspecified atom stereocenters. The zero-order chi connectivity index (χ0) is 33.3. The number of nitrogens with two attached hydrogens (primary N) is 8. The quantitative estimate of drug-likeness (QED) is 0.103. The maximum Gasteiger partial charge on any atom is 0.176 e. The molecule has 0 aromatic carbocycles. The lowest BCUT2D eigenvalue weighted by atomic mass is 9.93. The third-order valence-electron chi connectivity index (χ3n) is 8.73. The average Bonchev–Trinajstić information content (AvgIpc) is 3.03.